The summed E-state index contributed by atoms with van der Waals surface area (Å²) in [5, 5.41) is 5.34. The molecule has 0 saturated carbocycles. The van der Waals surface area contributed by atoms with Crippen molar-refractivity contribution in [3.8, 4) is 17.2 Å². The number of methoxy groups -OCH3 is 3. The minimum atomic E-state index is -0.207. The number of rotatable bonds is 7. The molecular weight excluding hydrogens is 354 g/mol. The van der Waals surface area contributed by atoms with Crippen LogP contribution >= 0.6 is 0 Å². The van der Waals surface area contributed by atoms with E-state index in [4.69, 9.17) is 14.2 Å². The third-order valence-electron chi connectivity index (χ3n) is 4.74. The fraction of sp³-hybridized carbons (Fsp3) is 0.261. The van der Waals surface area contributed by atoms with Gasteiger partial charge >= 0.3 is 0 Å². The molecule has 5 heteroatoms. The monoisotopic (exact) mass is 379 g/mol. The Kier molecular flexibility index (Phi) is 6.04. The van der Waals surface area contributed by atoms with E-state index in [1.165, 1.54) is 0 Å². The minimum Gasteiger partial charge on any atom is -0.493 e. The van der Waals surface area contributed by atoms with Gasteiger partial charge in [0.1, 0.15) is 0 Å². The first kappa shape index (κ1) is 19.5. The molecule has 3 rings (SSSR count). The average Bonchev–Trinajstić information content (AvgIpc) is 2.72. The molecule has 1 amide bonds. The fourth-order valence-corrected chi connectivity index (χ4v) is 3.26. The maximum absolute atomic E-state index is 12.6. The van der Waals surface area contributed by atoms with Gasteiger partial charge in [-0.25, -0.2) is 0 Å². The van der Waals surface area contributed by atoms with Gasteiger partial charge in [0.25, 0.3) is 0 Å². The van der Waals surface area contributed by atoms with Crippen molar-refractivity contribution < 1.29 is 19.0 Å². The third kappa shape index (κ3) is 4.19. The van der Waals surface area contributed by atoms with Gasteiger partial charge in [0, 0.05) is 0 Å². The molecule has 0 aliphatic carbocycles. The normalized spacial score (nSPS) is 11.7. The Morgan fingerprint density at radius 2 is 1.54 bits per heavy atom. The molecule has 0 heterocycles. The Hall–Kier alpha value is -3.21. The van der Waals surface area contributed by atoms with Crippen LogP contribution in [0.1, 0.15) is 24.1 Å². The van der Waals surface area contributed by atoms with Gasteiger partial charge in [-0.3, -0.25) is 4.79 Å². The summed E-state index contributed by atoms with van der Waals surface area (Å²) in [6.07, 6.45) is 0.319. The van der Waals surface area contributed by atoms with E-state index < -0.39 is 0 Å². The van der Waals surface area contributed by atoms with Crippen LogP contribution in [0.25, 0.3) is 10.8 Å². The lowest BCUT2D eigenvalue weighted by Gasteiger charge is -2.19. The van der Waals surface area contributed by atoms with Gasteiger partial charge in [0.15, 0.2) is 11.5 Å². The Morgan fingerprint density at radius 1 is 0.893 bits per heavy atom. The zero-order chi connectivity index (χ0) is 20.1. The third-order valence-corrected chi connectivity index (χ3v) is 4.74. The maximum Gasteiger partial charge on any atom is 0.224 e. The zero-order valence-corrected chi connectivity index (χ0v) is 16.6. The molecule has 0 aliphatic rings. The molecular formula is C23H25NO4. The molecule has 0 radical (unpaired) electrons. The number of benzene rings is 3. The standard InChI is InChI=1S/C23H25NO4/c1-15(19-13-20(26-2)23(28-4)21(14-19)27-3)24-22(25)12-16-9-10-17-7-5-6-8-18(17)11-16/h5-11,13-15H,12H2,1-4H3,(H,24,25). The van der Waals surface area contributed by atoms with E-state index in [9.17, 15) is 4.79 Å². The smallest absolute Gasteiger partial charge is 0.224 e. The number of hydrogen-bond acceptors (Lipinski definition) is 4. The Bertz CT molecular complexity index is 958. The number of carbonyl (C=O) groups is 1. The molecule has 0 spiro atoms. The van der Waals surface area contributed by atoms with Crippen molar-refractivity contribution in [1.82, 2.24) is 5.32 Å². The van der Waals surface area contributed by atoms with E-state index in [0.717, 1.165) is 21.9 Å². The van der Waals surface area contributed by atoms with E-state index in [1.54, 1.807) is 21.3 Å². The van der Waals surface area contributed by atoms with Gasteiger partial charge in [-0.2, -0.15) is 0 Å². The van der Waals surface area contributed by atoms with Gasteiger partial charge in [0.05, 0.1) is 33.8 Å². The largest absolute Gasteiger partial charge is 0.493 e. The highest BCUT2D eigenvalue weighted by Crippen LogP contribution is 2.39. The maximum atomic E-state index is 12.6. The molecule has 0 aromatic heterocycles. The molecule has 0 aliphatic heterocycles. The van der Waals surface area contributed by atoms with Crippen molar-refractivity contribution in [3.63, 3.8) is 0 Å². The van der Waals surface area contributed by atoms with Crippen molar-refractivity contribution in [2.75, 3.05) is 21.3 Å². The van der Waals surface area contributed by atoms with Crippen molar-refractivity contribution in [2.45, 2.75) is 19.4 Å². The van der Waals surface area contributed by atoms with Crippen LogP contribution in [0.15, 0.2) is 54.6 Å². The number of nitrogens with one attached hydrogen (secondary N) is 1. The number of carbonyl (C=O) groups excluding carboxylic acids is 1. The summed E-state index contributed by atoms with van der Waals surface area (Å²) in [7, 11) is 4.71. The molecule has 3 aromatic carbocycles. The Labute approximate surface area is 165 Å². The van der Waals surface area contributed by atoms with Crippen LogP contribution in [0.3, 0.4) is 0 Å². The summed E-state index contributed by atoms with van der Waals surface area (Å²) in [4.78, 5) is 12.6. The number of amides is 1. The van der Waals surface area contributed by atoms with Gasteiger partial charge in [-0.15, -0.1) is 0 Å². The van der Waals surface area contributed by atoms with Crippen LogP contribution < -0.4 is 19.5 Å². The summed E-state index contributed by atoms with van der Waals surface area (Å²) in [5.74, 6) is 1.61. The average molecular weight is 379 g/mol. The highest BCUT2D eigenvalue weighted by Gasteiger charge is 2.17. The Morgan fingerprint density at radius 3 is 2.14 bits per heavy atom. The molecule has 0 saturated heterocycles. The second-order valence-corrected chi connectivity index (χ2v) is 6.61. The second-order valence-electron chi connectivity index (χ2n) is 6.61. The van der Waals surface area contributed by atoms with Crippen molar-refractivity contribution in [2.24, 2.45) is 0 Å². The van der Waals surface area contributed by atoms with E-state index in [-0.39, 0.29) is 11.9 Å². The van der Waals surface area contributed by atoms with Crippen molar-refractivity contribution >= 4 is 16.7 Å². The number of ether oxygens (including phenoxy) is 3. The Balaban J connectivity index is 1.74. The molecule has 0 fully saturated rings. The zero-order valence-electron chi connectivity index (χ0n) is 16.6. The lowest BCUT2D eigenvalue weighted by molar-refractivity contribution is -0.121. The highest BCUT2D eigenvalue weighted by molar-refractivity contribution is 5.85. The first-order valence-electron chi connectivity index (χ1n) is 9.12. The van der Waals surface area contributed by atoms with E-state index in [0.29, 0.717) is 23.7 Å². The summed E-state index contributed by atoms with van der Waals surface area (Å²) in [5.41, 5.74) is 1.86. The van der Waals surface area contributed by atoms with Gasteiger partial charge in [0.2, 0.25) is 11.7 Å². The molecule has 146 valence electrons. The van der Waals surface area contributed by atoms with Crippen LogP contribution in [0, 0.1) is 0 Å². The van der Waals surface area contributed by atoms with Gasteiger partial charge in [-0.1, -0.05) is 42.5 Å². The van der Waals surface area contributed by atoms with E-state index >= 15 is 0 Å². The van der Waals surface area contributed by atoms with Crippen LogP contribution in [-0.2, 0) is 11.2 Å². The summed E-state index contributed by atoms with van der Waals surface area (Å²) in [6.45, 7) is 1.93. The minimum absolute atomic E-state index is 0.0449. The predicted molar refractivity (Wildman–Crippen MR) is 110 cm³/mol. The molecule has 1 N–H and O–H groups in total. The molecule has 1 atom stereocenters. The van der Waals surface area contributed by atoms with Gasteiger partial charge in [-0.05, 0) is 41.0 Å². The van der Waals surface area contributed by atoms with Crippen molar-refractivity contribution in [3.05, 3.63) is 65.7 Å². The topological polar surface area (TPSA) is 56.8 Å². The van der Waals surface area contributed by atoms with Crippen LogP contribution in [0.4, 0.5) is 0 Å². The highest BCUT2D eigenvalue weighted by atomic mass is 16.5. The second kappa shape index (κ2) is 8.65. The summed E-state index contributed by atoms with van der Waals surface area (Å²) >= 11 is 0. The number of fused-ring (bicyclic) bond motifs is 1. The molecule has 3 aromatic rings. The van der Waals surface area contributed by atoms with E-state index in [1.807, 2.05) is 43.3 Å². The SMILES string of the molecule is COc1cc(C(C)NC(=O)Cc2ccc3ccccc3c2)cc(OC)c1OC. The van der Waals surface area contributed by atoms with Crippen molar-refractivity contribution in [1.29, 1.82) is 0 Å². The first-order valence-corrected chi connectivity index (χ1v) is 9.12. The summed E-state index contributed by atoms with van der Waals surface area (Å²) in [6, 6.07) is 17.7. The first-order chi connectivity index (χ1) is 13.5. The lowest BCUT2D eigenvalue weighted by Crippen LogP contribution is -2.28. The van der Waals surface area contributed by atoms with Crippen LogP contribution in [0.2, 0.25) is 0 Å². The molecule has 5 nitrogen and oxygen atoms in total. The van der Waals surface area contributed by atoms with Gasteiger partial charge < -0.3 is 19.5 Å². The quantitative estimate of drug-likeness (QED) is 0.665. The van der Waals surface area contributed by atoms with Crippen LogP contribution in [-0.4, -0.2) is 27.2 Å². The predicted octanol–water partition coefficient (Wildman–Crippen LogP) is 4.29. The molecule has 1 unspecified atom stereocenters. The summed E-state index contributed by atoms with van der Waals surface area (Å²) < 4.78 is 16.1. The molecule has 28 heavy (non-hydrogen) atoms. The van der Waals surface area contributed by atoms with E-state index in [2.05, 4.69) is 23.5 Å². The number of hydrogen-bond donors (Lipinski definition) is 1. The lowest BCUT2D eigenvalue weighted by atomic mass is 10.0. The fourth-order valence-electron chi connectivity index (χ4n) is 3.26. The molecule has 0 bridgehead atoms. The van der Waals surface area contributed by atoms with Crippen LogP contribution in [0.5, 0.6) is 17.2 Å².